The van der Waals surface area contributed by atoms with E-state index in [0.717, 1.165) is 11.4 Å². The number of amides is 1. The van der Waals surface area contributed by atoms with Crippen molar-refractivity contribution in [2.75, 3.05) is 37.2 Å². The van der Waals surface area contributed by atoms with E-state index >= 15 is 0 Å². The number of carbonyl (C=O) groups is 2. The molecule has 0 radical (unpaired) electrons. The molecule has 1 aromatic rings. The molecule has 0 fully saturated rings. The number of rotatable bonds is 7. The van der Waals surface area contributed by atoms with Gasteiger partial charge >= 0.3 is 5.97 Å². The van der Waals surface area contributed by atoms with Gasteiger partial charge in [0, 0.05) is 31.2 Å². The molecule has 1 N–H and O–H groups in total. The highest BCUT2D eigenvalue weighted by Crippen LogP contribution is 2.18. The maximum Gasteiger partial charge on any atom is 0.306 e. The Morgan fingerprint density at radius 2 is 1.90 bits per heavy atom. The van der Waals surface area contributed by atoms with Gasteiger partial charge in [-0.25, -0.2) is 0 Å². The molecule has 0 aliphatic heterocycles. The summed E-state index contributed by atoms with van der Waals surface area (Å²) in [7, 11) is 5.29. The van der Waals surface area contributed by atoms with Crippen LogP contribution in [0.3, 0.4) is 0 Å². The molecule has 0 saturated carbocycles. The van der Waals surface area contributed by atoms with Crippen LogP contribution in [0.1, 0.15) is 13.3 Å². The van der Waals surface area contributed by atoms with Crippen LogP contribution in [0.4, 0.5) is 11.4 Å². The molecule has 1 amide bonds. The van der Waals surface area contributed by atoms with E-state index in [4.69, 9.17) is 0 Å². The molecule has 1 unspecified atom stereocenters. The Bertz CT molecular complexity index is 474. The van der Waals surface area contributed by atoms with Gasteiger partial charge in [0.05, 0.1) is 18.8 Å². The molecule has 1 rings (SSSR count). The largest absolute Gasteiger partial charge is 0.469 e. The highest BCUT2D eigenvalue weighted by molar-refractivity contribution is 8.00. The Morgan fingerprint density at radius 3 is 2.43 bits per heavy atom. The first-order chi connectivity index (χ1) is 9.93. The summed E-state index contributed by atoms with van der Waals surface area (Å²) in [5, 5.41) is 2.65. The lowest BCUT2D eigenvalue weighted by molar-refractivity contribution is -0.140. The third kappa shape index (κ3) is 6.08. The predicted octanol–water partition coefficient (Wildman–Crippen LogP) is 2.38. The Kier molecular flexibility index (Phi) is 7.08. The van der Waals surface area contributed by atoms with Gasteiger partial charge in [-0.2, -0.15) is 0 Å². The second kappa shape index (κ2) is 8.56. The molecule has 0 bridgehead atoms. The summed E-state index contributed by atoms with van der Waals surface area (Å²) in [6, 6.07) is 7.65. The Hall–Kier alpha value is -1.69. The monoisotopic (exact) mass is 310 g/mol. The molecule has 1 aromatic carbocycles. The van der Waals surface area contributed by atoms with Gasteiger partial charge in [0.15, 0.2) is 0 Å². The summed E-state index contributed by atoms with van der Waals surface area (Å²) in [5.74, 6) is 0.248. The van der Waals surface area contributed by atoms with Crippen molar-refractivity contribution in [2.45, 2.75) is 18.6 Å². The number of esters is 1. The fourth-order valence-electron chi connectivity index (χ4n) is 1.58. The maximum atomic E-state index is 12.0. The van der Waals surface area contributed by atoms with Gasteiger partial charge in [0.1, 0.15) is 0 Å². The summed E-state index contributed by atoms with van der Waals surface area (Å²) < 4.78 is 4.56. The van der Waals surface area contributed by atoms with Crippen molar-refractivity contribution in [3.63, 3.8) is 0 Å². The summed E-state index contributed by atoms with van der Waals surface area (Å²) in [6.45, 7) is 1.82. The lowest BCUT2D eigenvalue weighted by atomic mass is 10.2. The number of thioether (sulfide) groups is 1. The summed E-state index contributed by atoms with van der Waals surface area (Å²) in [4.78, 5) is 25.0. The number of benzene rings is 1. The molecular formula is C15H22N2O3S. The number of hydrogen-bond donors (Lipinski definition) is 1. The first-order valence-electron chi connectivity index (χ1n) is 6.70. The number of ether oxygens (including phenoxy) is 1. The fourth-order valence-corrected chi connectivity index (χ4v) is 2.43. The summed E-state index contributed by atoms with van der Waals surface area (Å²) in [6.07, 6.45) is 0.316. The van der Waals surface area contributed by atoms with Crippen LogP contribution in [0.5, 0.6) is 0 Å². The number of hydrogen-bond acceptors (Lipinski definition) is 5. The third-order valence-electron chi connectivity index (χ3n) is 2.92. The molecule has 0 saturated heterocycles. The highest BCUT2D eigenvalue weighted by Gasteiger charge is 2.14. The van der Waals surface area contributed by atoms with E-state index < -0.39 is 0 Å². The Morgan fingerprint density at radius 1 is 1.29 bits per heavy atom. The minimum absolute atomic E-state index is 0.0672. The van der Waals surface area contributed by atoms with E-state index in [-0.39, 0.29) is 17.1 Å². The lowest BCUT2D eigenvalue weighted by Gasteiger charge is -2.14. The average Bonchev–Trinajstić information content (AvgIpc) is 2.47. The topological polar surface area (TPSA) is 58.6 Å². The first-order valence-corrected chi connectivity index (χ1v) is 7.75. The molecule has 116 valence electrons. The summed E-state index contributed by atoms with van der Waals surface area (Å²) in [5.41, 5.74) is 1.85. The van der Waals surface area contributed by atoms with Crippen LogP contribution < -0.4 is 10.2 Å². The Labute approximate surface area is 130 Å². The molecule has 0 spiro atoms. The van der Waals surface area contributed by atoms with Crippen molar-refractivity contribution in [3.8, 4) is 0 Å². The number of nitrogens with one attached hydrogen (secondary N) is 1. The zero-order valence-corrected chi connectivity index (χ0v) is 13.7. The van der Waals surface area contributed by atoms with Crippen LogP contribution in [0.25, 0.3) is 0 Å². The van der Waals surface area contributed by atoms with Gasteiger partial charge in [-0.05, 0) is 31.2 Å². The molecule has 1 atom stereocenters. The first kappa shape index (κ1) is 17.4. The van der Waals surface area contributed by atoms with Crippen LogP contribution in [-0.4, -0.2) is 44.1 Å². The molecule has 21 heavy (non-hydrogen) atoms. The maximum absolute atomic E-state index is 12.0. The molecule has 0 aliphatic rings. The quantitative estimate of drug-likeness (QED) is 0.784. The van der Waals surface area contributed by atoms with Crippen molar-refractivity contribution in [2.24, 2.45) is 0 Å². The minimum atomic E-state index is -0.255. The van der Waals surface area contributed by atoms with Crippen LogP contribution in [0, 0.1) is 0 Å². The fraction of sp³-hybridized carbons (Fsp3) is 0.467. The van der Waals surface area contributed by atoms with Crippen molar-refractivity contribution in [1.82, 2.24) is 0 Å². The molecule has 5 nitrogen and oxygen atoms in total. The minimum Gasteiger partial charge on any atom is -0.469 e. The van der Waals surface area contributed by atoms with E-state index in [1.807, 2.05) is 50.2 Å². The second-order valence-corrected chi connectivity index (χ2v) is 6.22. The van der Waals surface area contributed by atoms with Gasteiger partial charge < -0.3 is 15.0 Å². The van der Waals surface area contributed by atoms with Crippen molar-refractivity contribution in [1.29, 1.82) is 0 Å². The zero-order valence-electron chi connectivity index (χ0n) is 12.9. The van der Waals surface area contributed by atoms with E-state index in [0.29, 0.717) is 12.2 Å². The van der Waals surface area contributed by atoms with Gasteiger partial charge in [-0.1, -0.05) is 0 Å². The average molecular weight is 310 g/mol. The normalized spacial score (nSPS) is 11.6. The van der Waals surface area contributed by atoms with Crippen LogP contribution in [0.2, 0.25) is 0 Å². The van der Waals surface area contributed by atoms with Gasteiger partial charge in [0.2, 0.25) is 5.91 Å². The smallest absolute Gasteiger partial charge is 0.306 e. The van der Waals surface area contributed by atoms with E-state index in [9.17, 15) is 9.59 Å². The molecular weight excluding hydrogens is 288 g/mol. The Balaban J connectivity index is 2.43. The van der Waals surface area contributed by atoms with Crippen molar-refractivity contribution < 1.29 is 14.3 Å². The zero-order chi connectivity index (χ0) is 15.8. The standard InChI is InChI=1S/C15H22N2O3S/c1-11(21-10-9-14(18)20-4)15(19)16-12-5-7-13(8-6-12)17(2)3/h5-8,11H,9-10H2,1-4H3,(H,16,19). The molecule has 6 heteroatoms. The number of nitrogens with zero attached hydrogens (tertiary/aromatic N) is 1. The van der Waals surface area contributed by atoms with Crippen LogP contribution >= 0.6 is 11.8 Å². The number of anilines is 2. The SMILES string of the molecule is COC(=O)CCSC(C)C(=O)Nc1ccc(N(C)C)cc1. The number of carbonyl (C=O) groups excluding carboxylic acids is 2. The third-order valence-corrected chi connectivity index (χ3v) is 4.08. The van der Waals surface area contributed by atoms with Crippen LogP contribution in [-0.2, 0) is 14.3 Å². The van der Waals surface area contributed by atoms with E-state index in [1.54, 1.807) is 0 Å². The number of methoxy groups -OCH3 is 1. The molecule has 0 aliphatic carbocycles. The highest BCUT2D eigenvalue weighted by atomic mass is 32.2. The van der Waals surface area contributed by atoms with Gasteiger partial charge in [0.25, 0.3) is 0 Å². The molecule has 0 aromatic heterocycles. The van der Waals surface area contributed by atoms with Gasteiger partial charge in [-0.15, -0.1) is 11.8 Å². The predicted molar refractivity (Wildman–Crippen MR) is 88.0 cm³/mol. The van der Waals surface area contributed by atoms with E-state index in [2.05, 4.69) is 10.1 Å². The molecule has 0 heterocycles. The van der Waals surface area contributed by atoms with Gasteiger partial charge in [-0.3, -0.25) is 9.59 Å². The van der Waals surface area contributed by atoms with Crippen molar-refractivity contribution >= 4 is 35.0 Å². The lowest BCUT2D eigenvalue weighted by Crippen LogP contribution is -2.23. The van der Waals surface area contributed by atoms with Crippen molar-refractivity contribution in [3.05, 3.63) is 24.3 Å². The van der Waals surface area contributed by atoms with Crippen LogP contribution in [0.15, 0.2) is 24.3 Å². The van der Waals surface area contributed by atoms with E-state index in [1.165, 1.54) is 18.9 Å². The second-order valence-electron chi connectivity index (χ2n) is 4.77. The summed E-state index contributed by atoms with van der Waals surface area (Å²) >= 11 is 1.43.